The number of carbonyl (C=O) groups is 3. The molecule has 6 aromatic carbocycles. The Hall–Kier alpha value is -6.59. The third-order valence-corrected chi connectivity index (χ3v) is 10.0. The highest BCUT2D eigenvalue weighted by molar-refractivity contribution is 6.15. The van der Waals surface area contributed by atoms with E-state index in [0.29, 0.717) is 64.5 Å². The highest BCUT2D eigenvalue weighted by Crippen LogP contribution is 2.41. The third kappa shape index (κ3) is 10.2. The Morgan fingerprint density at radius 1 is 0.724 bits per heavy atom. The maximum atomic E-state index is 14.0. The fraction of sp³-hybridized carbons (Fsp3) is 0.255. The van der Waals surface area contributed by atoms with Crippen molar-refractivity contribution in [2.45, 2.75) is 46.0 Å². The number of hydrogen-bond donors (Lipinski definition) is 4. The summed E-state index contributed by atoms with van der Waals surface area (Å²) >= 11 is 0. The van der Waals surface area contributed by atoms with E-state index in [-0.39, 0.29) is 28.8 Å². The SMILES string of the molecule is CCCCC(CC)COCCCNC(=O)c1ccc2c(N=Nc3cc(C(=O)Nc4ccccc4)ccc3OC)c(O)c(C(=O)Nc3cccc4ccccc34)cc2c1. The van der Waals surface area contributed by atoms with Gasteiger partial charge in [-0.05, 0) is 84.1 Å². The smallest absolute Gasteiger partial charge is 0.259 e. The Balaban J connectivity index is 1.29. The van der Waals surface area contributed by atoms with Crippen LogP contribution in [0.1, 0.15) is 77.0 Å². The highest BCUT2D eigenvalue weighted by atomic mass is 16.5. The van der Waals surface area contributed by atoms with Gasteiger partial charge in [0.2, 0.25) is 0 Å². The second-order valence-corrected chi connectivity index (χ2v) is 14.0. The van der Waals surface area contributed by atoms with Crippen LogP contribution in [0.15, 0.2) is 125 Å². The van der Waals surface area contributed by atoms with Crippen molar-refractivity contribution in [3.05, 3.63) is 132 Å². The number of unbranched alkanes of at least 4 members (excludes halogenated alkanes) is 1. The third-order valence-electron chi connectivity index (χ3n) is 10.0. The standard InChI is InChI=1S/C47H49N5O6/c1-4-6-14-31(5-2)30-58-26-13-25-48-45(54)33-21-23-38-35(27-33)28-39(47(56)50-40-20-12-16-32-15-10-11-19-37(32)40)44(53)43(38)52-51-41-29-34(22-24-42(41)57-3)46(55)49-36-17-8-7-9-18-36/h7-12,15-24,27-29,31,53H,4-6,13-14,25-26,30H2,1-3H3,(H,48,54)(H,49,55)(H,50,56). The minimum absolute atomic E-state index is 0.00445. The van der Waals surface area contributed by atoms with Crippen molar-refractivity contribution in [2.75, 3.05) is 37.5 Å². The first-order valence-electron chi connectivity index (χ1n) is 19.7. The van der Waals surface area contributed by atoms with E-state index in [1.807, 2.05) is 54.6 Å². The molecule has 0 aromatic heterocycles. The van der Waals surface area contributed by atoms with Crippen LogP contribution >= 0.6 is 0 Å². The van der Waals surface area contributed by atoms with E-state index in [0.717, 1.165) is 30.2 Å². The number of anilines is 2. The molecule has 6 aromatic rings. The van der Waals surface area contributed by atoms with Crippen LogP contribution in [-0.4, -0.2) is 49.7 Å². The number of azo groups is 1. The van der Waals surface area contributed by atoms with Gasteiger partial charge in [0.15, 0.2) is 5.75 Å². The summed E-state index contributed by atoms with van der Waals surface area (Å²) < 4.78 is 11.4. The average Bonchev–Trinajstić information content (AvgIpc) is 3.25. The summed E-state index contributed by atoms with van der Waals surface area (Å²) in [7, 11) is 1.47. The molecule has 1 unspecified atom stereocenters. The van der Waals surface area contributed by atoms with Crippen molar-refractivity contribution < 1.29 is 29.0 Å². The predicted molar refractivity (Wildman–Crippen MR) is 230 cm³/mol. The number of hydrogen-bond acceptors (Lipinski definition) is 8. The summed E-state index contributed by atoms with van der Waals surface area (Å²) in [5.41, 5.74) is 1.99. The fourth-order valence-corrected chi connectivity index (χ4v) is 6.68. The van der Waals surface area contributed by atoms with Gasteiger partial charge in [0.1, 0.15) is 17.1 Å². The monoisotopic (exact) mass is 779 g/mol. The number of benzene rings is 6. The quantitative estimate of drug-likeness (QED) is 0.0504. The molecule has 58 heavy (non-hydrogen) atoms. The number of nitrogens with one attached hydrogen (secondary N) is 3. The number of carbonyl (C=O) groups excluding carboxylic acids is 3. The summed E-state index contributed by atoms with van der Waals surface area (Å²) in [6.07, 6.45) is 5.28. The molecule has 0 aliphatic heterocycles. The van der Waals surface area contributed by atoms with Crippen molar-refractivity contribution in [3.63, 3.8) is 0 Å². The number of nitrogens with zero attached hydrogens (tertiary/aromatic N) is 2. The van der Waals surface area contributed by atoms with Crippen molar-refractivity contribution in [3.8, 4) is 11.5 Å². The van der Waals surface area contributed by atoms with Gasteiger partial charge in [0.05, 0.1) is 12.7 Å². The van der Waals surface area contributed by atoms with Gasteiger partial charge >= 0.3 is 0 Å². The number of rotatable bonds is 18. The molecule has 0 spiro atoms. The van der Waals surface area contributed by atoms with Crippen molar-refractivity contribution >= 4 is 62.0 Å². The Morgan fingerprint density at radius 2 is 1.48 bits per heavy atom. The number of methoxy groups -OCH3 is 1. The predicted octanol–water partition coefficient (Wildman–Crippen LogP) is 11.0. The molecule has 0 heterocycles. The summed E-state index contributed by atoms with van der Waals surface area (Å²) in [5.74, 6) is -0.767. The van der Waals surface area contributed by atoms with E-state index in [9.17, 15) is 19.5 Å². The van der Waals surface area contributed by atoms with Crippen LogP contribution in [0.3, 0.4) is 0 Å². The molecule has 298 valence electrons. The number of phenolic OH excluding ortho intramolecular Hbond substituents is 1. The van der Waals surface area contributed by atoms with Crippen LogP contribution in [-0.2, 0) is 4.74 Å². The van der Waals surface area contributed by atoms with E-state index in [1.165, 1.54) is 32.1 Å². The number of amides is 3. The largest absolute Gasteiger partial charge is 0.505 e. The number of ether oxygens (including phenoxy) is 2. The molecule has 4 N–H and O–H groups in total. The Labute approximate surface area is 338 Å². The molecule has 11 nitrogen and oxygen atoms in total. The molecule has 0 bridgehead atoms. The summed E-state index contributed by atoms with van der Waals surface area (Å²) in [4.78, 5) is 40.5. The number of fused-ring (bicyclic) bond motifs is 2. The first kappa shape index (κ1) is 41.1. The molecule has 0 aliphatic carbocycles. The van der Waals surface area contributed by atoms with Crippen LogP contribution in [0.25, 0.3) is 21.5 Å². The fourth-order valence-electron chi connectivity index (χ4n) is 6.68. The zero-order chi connectivity index (χ0) is 40.9. The number of aromatic hydroxyl groups is 1. The molecule has 6 rings (SSSR count). The lowest BCUT2D eigenvalue weighted by Crippen LogP contribution is -2.25. The molecule has 0 aliphatic rings. The van der Waals surface area contributed by atoms with E-state index in [4.69, 9.17) is 9.47 Å². The van der Waals surface area contributed by atoms with Crippen LogP contribution in [0.2, 0.25) is 0 Å². The summed E-state index contributed by atoms with van der Waals surface area (Å²) in [6, 6.07) is 33.5. The summed E-state index contributed by atoms with van der Waals surface area (Å²) in [5, 5.41) is 32.0. The zero-order valence-electron chi connectivity index (χ0n) is 33.1. The molecular formula is C47H49N5O6. The molecular weight excluding hydrogens is 731 g/mol. The van der Waals surface area contributed by atoms with E-state index < -0.39 is 11.7 Å². The zero-order valence-corrected chi connectivity index (χ0v) is 33.1. The van der Waals surface area contributed by atoms with Gasteiger partial charge in [-0.15, -0.1) is 10.2 Å². The van der Waals surface area contributed by atoms with Gasteiger partial charge in [-0.2, -0.15) is 0 Å². The Bertz CT molecular complexity index is 2410. The molecule has 0 radical (unpaired) electrons. The van der Waals surface area contributed by atoms with Crippen molar-refractivity contribution in [2.24, 2.45) is 16.1 Å². The normalized spacial score (nSPS) is 11.8. The molecule has 1 atom stereocenters. The van der Waals surface area contributed by atoms with Gasteiger partial charge in [0.25, 0.3) is 17.7 Å². The van der Waals surface area contributed by atoms with Crippen LogP contribution in [0.4, 0.5) is 22.7 Å². The topological polar surface area (TPSA) is 151 Å². The first-order valence-corrected chi connectivity index (χ1v) is 19.7. The van der Waals surface area contributed by atoms with E-state index in [2.05, 4.69) is 40.0 Å². The molecule has 0 fully saturated rings. The highest BCUT2D eigenvalue weighted by Gasteiger charge is 2.21. The van der Waals surface area contributed by atoms with Crippen LogP contribution < -0.4 is 20.7 Å². The van der Waals surface area contributed by atoms with Crippen molar-refractivity contribution in [1.29, 1.82) is 0 Å². The number of para-hydroxylation sites is 1. The van der Waals surface area contributed by atoms with Crippen LogP contribution in [0, 0.1) is 5.92 Å². The van der Waals surface area contributed by atoms with Gasteiger partial charge in [-0.3, -0.25) is 14.4 Å². The Morgan fingerprint density at radius 3 is 2.28 bits per heavy atom. The Kier molecular flexibility index (Phi) is 14.2. The minimum Gasteiger partial charge on any atom is -0.505 e. The van der Waals surface area contributed by atoms with E-state index in [1.54, 1.807) is 48.5 Å². The molecule has 0 saturated heterocycles. The second-order valence-electron chi connectivity index (χ2n) is 14.0. The average molecular weight is 780 g/mol. The van der Waals surface area contributed by atoms with E-state index >= 15 is 0 Å². The molecule has 3 amide bonds. The maximum Gasteiger partial charge on any atom is 0.259 e. The van der Waals surface area contributed by atoms with Gasteiger partial charge < -0.3 is 30.5 Å². The lowest BCUT2D eigenvalue weighted by Gasteiger charge is -2.15. The van der Waals surface area contributed by atoms with Gasteiger partial charge in [-0.1, -0.05) is 93.8 Å². The second kappa shape index (κ2) is 20.0. The molecule has 11 heteroatoms. The molecule has 0 saturated carbocycles. The summed E-state index contributed by atoms with van der Waals surface area (Å²) in [6.45, 7) is 6.08. The maximum absolute atomic E-state index is 14.0. The lowest BCUT2D eigenvalue weighted by molar-refractivity contribution is 0.0875. The van der Waals surface area contributed by atoms with Crippen LogP contribution in [0.5, 0.6) is 11.5 Å². The lowest BCUT2D eigenvalue weighted by atomic mass is 10.00. The number of phenols is 1. The van der Waals surface area contributed by atoms with Crippen molar-refractivity contribution in [1.82, 2.24) is 5.32 Å². The van der Waals surface area contributed by atoms with Gasteiger partial charge in [-0.25, -0.2) is 0 Å². The van der Waals surface area contributed by atoms with Gasteiger partial charge in [0, 0.05) is 53.0 Å². The minimum atomic E-state index is -0.584. The first-order chi connectivity index (χ1) is 28.3.